The van der Waals surface area contributed by atoms with Gasteiger partial charge in [-0.3, -0.25) is 4.79 Å². The molecule has 2 aliphatic rings. The number of carbonyl (C=O) groups is 2. The Morgan fingerprint density at radius 2 is 1.87 bits per heavy atom. The molecule has 1 fully saturated rings. The second-order valence-corrected chi connectivity index (χ2v) is 11.0. The van der Waals surface area contributed by atoms with Gasteiger partial charge in [-0.25, -0.2) is 9.79 Å². The van der Waals surface area contributed by atoms with Crippen LogP contribution in [0.3, 0.4) is 0 Å². The van der Waals surface area contributed by atoms with Gasteiger partial charge < -0.3 is 25.4 Å². The van der Waals surface area contributed by atoms with Crippen LogP contribution in [0.4, 0.5) is 5.69 Å². The molecule has 38 heavy (non-hydrogen) atoms. The first-order valence-corrected chi connectivity index (χ1v) is 13.6. The lowest BCUT2D eigenvalue weighted by Crippen LogP contribution is -2.57. The smallest absolute Gasteiger partial charge is 0.327 e. The molecule has 1 aliphatic carbocycles. The van der Waals surface area contributed by atoms with E-state index in [0.717, 1.165) is 24.0 Å². The van der Waals surface area contributed by atoms with Crippen LogP contribution in [-0.4, -0.2) is 58.5 Å². The highest BCUT2D eigenvalue weighted by Gasteiger charge is 2.43. The molecule has 0 radical (unpaired) electrons. The number of aliphatic carboxylic acids is 1. The van der Waals surface area contributed by atoms with E-state index in [1.54, 1.807) is 4.90 Å². The van der Waals surface area contributed by atoms with Crippen LogP contribution in [0.5, 0.6) is 5.75 Å². The second-order valence-electron chi connectivity index (χ2n) is 11.0. The minimum Gasteiger partial charge on any atom is -0.494 e. The molecule has 8 nitrogen and oxygen atoms in total. The largest absolute Gasteiger partial charge is 0.494 e. The van der Waals surface area contributed by atoms with E-state index in [0.29, 0.717) is 43.5 Å². The Hall–Kier alpha value is -3.55. The third-order valence-electron chi connectivity index (χ3n) is 7.99. The van der Waals surface area contributed by atoms with Gasteiger partial charge in [0.1, 0.15) is 11.8 Å². The van der Waals surface area contributed by atoms with Crippen molar-refractivity contribution in [3.05, 3.63) is 59.7 Å². The fourth-order valence-corrected chi connectivity index (χ4v) is 5.68. The van der Waals surface area contributed by atoms with Crippen molar-refractivity contribution in [3.8, 4) is 5.75 Å². The predicted molar refractivity (Wildman–Crippen MR) is 149 cm³/mol. The number of ether oxygens (including phenoxy) is 1. The SMILES string of the molecule is CN(C(=O)CCCOc1ccc2c(c1)CN(C(C(=O)O)C(C)(C)c1ccccc1)C(N)=N2)C1CCCCC1. The molecule has 0 bridgehead atoms. The summed E-state index contributed by atoms with van der Waals surface area (Å²) in [6, 6.07) is 14.6. The van der Waals surface area contributed by atoms with Crippen molar-refractivity contribution in [2.24, 2.45) is 10.7 Å². The molecule has 0 saturated heterocycles. The summed E-state index contributed by atoms with van der Waals surface area (Å²) in [6.07, 6.45) is 6.97. The number of hydrogen-bond acceptors (Lipinski definition) is 6. The number of carboxylic acids is 1. The van der Waals surface area contributed by atoms with Gasteiger partial charge in [-0.2, -0.15) is 0 Å². The zero-order valence-corrected chi connectivity index (χ0v) is 22.7. The highest BCUT2D eigenvalue weighted by atomic mass is 16.5. The van der Waals surface area contributed by atoms with Gasteiger partial charge in [0.05, 0.1) is 12.3 Å². The zero-order chi connectivity index (χ0) is 27.3. The molecule has 1 amide bonds. The van der Waals surface area contributed by atoms with Crippen LogP contribution in [0.1, 0.15) is 69.9 Å². The molecule has 4 rings (SSSR count). The highest BCUT2D eigenvalue weighted by Crippen LogP contribution is 2.36. The van der Waals surface area contributed by atoms with Crippen LogP contribution in [0.2, 0.25) is 0 Å². The van der Waals surface area contributed by atoms with E-state index in [9.17, 15) is 14.7 Å². The molecule has 1 heterocycles. The summed E-state index contributed by atoms with van der Waals surface area (Å²) in [5, 5.41) is 10.2. The lowest BCUT2D eigenvalue weighted by molar-refractivity contribution is -0.144. The maximum atomic E-state index is 12.6. The molecule has 3 N–H and O–H groups in total. The number of amides is 1. The summed E-state index contributed by atoms with van der Waals surface area (Å²) in [7, 11) is 1.92. The Balaban J connectivity index is 1.39. The number of carboxylic acid groups (broad SMARTS) is 1. The molecular formula is C30H40N4O4. The predicted octanol–water partition coefficient (Wildman–Crippen LogP) is 4.83. The Morgan fingerprint density at radius 3 is 2.55 bits per heavy atom. The molecule has 8 heteroatoms. The van der Waals surface area contributed by atoms with E-state index in [2.05, 4.69) is 4.99 Å². The molecule has 2 aromatic carbocycles. The number of guanidine groups is 1. The first-order valence-electron chi connectivity index (χ1n) is 13.6. The molecule has 2 aromatic rings. The summed E-state index contributed by atoms with van der Waals surface area (Å²) in [5.41, 5.74) is 8.03. The molecule has 0 aromatic heterocycles. The van der Waals surface area contributed by atoms with E-state index in [-0.39, 0.29) is 11.9 Å². The normalized spacial score (nSPS) is 16.8. The summed E-state index contributed by atoms with van der Waals surface area (Å²) < 4.78 is 5.97. The average Bonchev–Trinajstić information content (AvgIpc) is 2.91. The summed E-state index contributed by atoms with van der Waals surface area (Å²) in [4.78, 5) is 33.2. The molecule has 0 spiro atoms. The second kappa shape index (κ2) is 11.9. The van der Waals surface area contributed by atoms with Crippen LogP contribution in [-0.2, 0) is 21.5 Å². The van der Waals surface area contributed by atoms with Crippen molar-refractivity contribution in [2.75, 3.05) is 13.7 Å². The first kappa shape index (κ1) is 27.5. The topological polar surface area (TPSA) is 108 Å². The Kier molecular flexibility index (Phi) is 8.59. The molecule has 1 saturated carbocycles. The number of nitrogens with zero attached hydrogens (tertiary/aromatic N) is 3. The number of rotatable bonds is 10. The van der Waals surface area contributed by atoms with Crippen LogP contribution in [0, 0.1) is 0 Å². The highest BCUT2D eigenvalue weighted by molar-refractivity contribution is 5.89. The minimum absolute atomic E-state index is 0.173. The number of aliphatic imine (C=N–C) groups is 1. The van der Waals surface area contributed by atoms with Gasteiger partial charge in [0, 0.05) is 37.0 Å². The third kappa shape index (κ3) is 6.11. The van der Waals surface area contributed by atoms with Crippen LogP contribution < -0.4 is 10.5 Å². The third-order valence-corrected chi connectivity index (χ3v) is 7.99. The number of hydrogen-bond donors (Lipinski definition) is 2. The van der Waals surface area contributed by atoms with E-state index >= 15 is 0 Å². The van der Waals surface area contributed by atoms with Crippen molar-refractivity contribution < 1.29 is 19.4 Å². The van der Waals surface area contributed by atoms with Crippen molar-refractivity contribution in [1.82, 2.24) is 9.80 Å². The Labute approximate surface area is 225 Å². The molecule has 1 unspecified atom stereocenters. The standard InChI is InChI=1S/C30H40N4O4/c1-30(2,22-11-6-4-7-12-22)27(28(36)37)34-20-21-19-24(16-17-25(21)32-29(34)31)38-18-10-15-26(35)33(3)23-13-8-5-9-14-23/h4,6-7,11-12,16-17,19,23,27H,5,8-10,13-15,18,20H2,1-3H3,(H2,31,32)(H,36,37). The first-order chi connectivity index (χ1) is 18.2. The molecule has 1 aliphatic heterocycles. The number of carbonyl (C=O) groups excluding carboxylic acids is 1. The lowest BCUT2D eigenvalue weighted by Gasteiger charge is -2.41. The fraction of sp³-hybridized carbons (Fsp3) is 0.500. The molecular weight excluding hydrogens is 480 g/mol. The van der Waals surface area contributed by atoms with Crippen molar-refractivity contribution >= 4 is 23.5 Å². The van der Waals surface area contributed by atoms with Crippen molar-refractivity contribution in [2.45, 2.75) is 82.8 Å². The lowest BCUT2D eigenvalue weighted by atomic mass is 9.76. The summed E-state index contributed by atoms with van der Waals surface area (Å²) in [6.45, 7) is 4.56. The number of fused-ring (bicyclic) bond motifs is 1. The number of benzene rings is 2. The summed E-state index contributed by atoms with van der Waals surface area (Å²) in [5.74, 6) is 0.0627. The molecule has 1 atom stereocenters. The van der Waals surface area contributed by atoms with Crippen LogP contribution in [0.15, 0.2) is 53.5 Å². The van der Waals surface area contributed by atoms with Gasteiger partial charge in [-0.15, -0.1) is 0 Å². The van der Waals surface area contributed by atoms with E-state index in [4.69, 9.17) is 10.5 Å². The van der Waals surface area contributed by atoms with E-state index in [1.165, 1.54) is 19.3 Å². The van der Waals surface area contributed by atoms with Gasteiger partial charge in [0.2, 0.25) is 5.91 Å². The van der Waals surface area contributed by atoms with E-state index < -0.39 is 17.4 Å². The summed E-state index contributed by atoms with van der Waals surface area (Å²) >= 11 is 0. The van der Waals surface area contributed by atoms with Crippen LogP contribution >= 0.6 is 0 Å². The Bertz CT molecular complexity index is 1160. The Morgan fingerprint density at radius 1 is 1.16 bits per heavy atom. The molecule has 204 valence electrons. The van der Waals surface area contributed by atoms with E-state index in [1.807, 2.05) is 74.3 Å². The van der Waals surface area contributed by atoms with Crippen LogP contribution in [0.25, 0.3) is 0 Å². The number of nitrogens with two attached hydrogens (primary N) is 1. The zero-order valence-electron chi connectivity index (χ0n) is 22.7. The van der Waals surface area contributed by atoms with Gasteiger partial charge in [-0.1, -0.05) is 63.4 Å². The average molecular weight is 521 g/mol. The van der Waals surface area contributed by atoms with Gasteiger partial charge in [0.25, 0.3) is 0 Å². The van der Waals surface area contributed by atoms with Gasteiger partial charge in [-0.05, 0) is 43.0 Å². The monoisotopic (exact) mass is 520 g/mol. The quantitative estimate of drug-likeness (QED) is 0.435. The maximum Gasteiger partial charge on any atom is 0.327 e. The van der Waals surface area contributed by atoms with Crippen molar-refractivity contribution in [3.63, 3.8) is 0 Å². The fourth-order valence-electron chi connectivity index (χ4n) is 5.68. The maximum absolute atomic E-state index is 12.6. The minimum atomic E-state index is -0.962. The van der Waals surface area contributed by atoms with Gasteiger partial charge >= 0.3 is 5.97 Å². The van der Waals surface area contributed by atoms with Gasteiger partial charge in [0.15, 0.2) is 5.96 Å². The van der Waals surface area contributed by atoms with Crippen molar-refractivity contribution in [1.29, 1.82) is 0 Å².